The van der Waals surface area contributed by atoms with Crippen molar-refractivity contribution in [3.05, 3.63) is 95.3 Å². The zero-order valence-electron chi connectivity index (χ0n) is 23.7. The van der Waals surface area contributed by atoms with E-state index in [1.54, 1.807) is 17.0 Å². The van der Waals surface area contributed by atoms with Gasteiger partial charge in [0.05, 0.1) is 5.56 Å². The molecule has 4 atom stereocenters. The van der Waals surface area contributed by atoms with Crippen LogP contribution in [0.25, 0.3) is 0 Å². The van der Waals surface area contributed by atoms with E-state index >= 15 is 0 Å². The molecule has 5 rings (SSSR count). The van der Waals surface area contributed by atoms with Gasteiger partial charge in [-0.1, -0.05) is 57.2 Å². The molecule has 1 saturated heterocycles. The molecule has 7 nitrogen and oxygen atoms in total. The number of carboxylic acid groups (broad SMARTS) is 1. The Morgan fingerprint density at radius 1 is 0.976 bits per heavy atom. The van der Waals surface area contributed by atoms with Crippen LogP contribution in [-0.2, 0) is 16.6 Å². The number of carbonyl (C=O) groups excluding carboxylic acids is 1. The summed E-state index contributed by atoms with van der Waals surface area (Å²) in [6.45, 7) is 8.81. The molecule has 1 aliphatic heterocycles. The Labute approximate surface area is 240 Å². The molecular weight excluding hydrogens is 523 g/mol. The van der Waals surface area contributed by atoms with Gasteiger partial charge in [-0.2, -0.15) is 0 Å². The second-order valence-corrected chi connectivity index (χ2v) is 11.9. The van der Waals surface area contributed by atoms with Crippen LogP contribution in [-0.4, -0.2) is 60.3 Å². The first-order valence-electron chi connectivity index (χ1n) is 14.1. The molecule has 0 bridgehead atoms. The largest absolute Gasteiger partial charge is 0.492 e. The molecule has 0 spiro atoms. The summed E-state index contributed by atoms with van der Waals surface area (Å²) >= 11 is 0. The maximum Gasteiger partial charge on any atom is 0.345 e. The lowest BCUT2D eigenvalue weighted by Crippen LogP contribution is -2.36. The summed E-state index contributed by atoms with van der Waals surface area (Å²) in [6, 6.07) is 21.4. The third-order valence-electron chi connectivity index (χ3n) is 7.95. The van der Waals surface area contributed by atoms with Crippen molar-refractivity contribution in [3.63, 3.8) is 0 Å². The van der Waals surface area contributed by atoms with Gasteiger partial charge in [0.15, 0.2) is 6.10 Å². The Morgan fingerprint density at radius 3 is 2.22 bits per heavy atom. The second-order valence-electron chi connectivity index (χ2n) is 11.9. The number of benzene rings is 3. The van der Waals surface area contributed by atoms with E-state index in [-0.39, 0.29) is 23.3 Å². The SMILES string of the molecule is CC(C)(C)c1ccc(O[C@@H](Cc2ccc(OCCNC3C4CN(C(=O)c5ccccc5F)C[C@@H]43)cc2)C(=O)O)cc1. The highest BCUT2D eigenvalue weighted by Gasteiger charge is 2.56. The average Bonchev–Trinajstić information content (AvgIpc) is 3.38. The van der Waals surface area contributed by atoms with Crippen LogP contribution in [0.1, 0.15) is 42.3 Å². The van der Waals surface area contributed by atoms with Crippen LogP contribution >= 0.6 is 0 Å². The first-order chi connectivity index (χ1) is 19.6. The number of hydrogen-bond acceptors (Lipinski definition) is 5. The van der Waals surface area contributed by atoms with Crippen molar-refractivity contribution < 1.29 is 28.6 Å². The van der Waals surface area contributed by atoms with Gasteiger partial charge in [-0.3, -0.25) is 4.79 Å². The molecule has 3 aromatic rings. The Kier molecular flexibility index (Phi) is 8.31. The van der Waals surface area contributed by atoms with E-state index < -0.39 is 17.9 Å². The normalized spacial score (nSPS) is 20.3. The topological polar surface area (TPSA) is 88.1 Å². The van der Waals surface area contributed by atoms with Crippen LogP contribution in [0.2, 0.25) is 0 Å². The smallest absolute Gasteiger partial charge is 0.345 e. The molecule has 8 heteroatoms. The van der Waals surface area contributed by atoms with Gasteiger partial charge in [0.25, 0.3) is 5.91 Å². The number of halogens is 1. The molecule has 2 fully saturated rings. The van der Waals surface area contributed by atoms with Crippen LogP contribution in [0.4, 0.5) is 4.39 Å². The van der Waals surface area contributed by atoms with Crippen molar-refractivity contribution in [1.29, 1.82) is 0 Å². The van der Waals surface area contributed by atoms with Gasteiger partial charge in [0.1, 0.15) is 23.9 Å². The standard InChI is InChI=1S/C33H37FN2O5/c1-33(2,3)22-10-14-24(15-11-22)41-29(32(38)39)18-21-8-12-23(13-9-21)40-17-16-35-30-26-19-36(20-27(26)30)31(37)25-6-4-5-7-28(25)34/h4-15,26-27,29-30,35H,16-20H2,1-3H3,(H,38,39)/t26-,27?,29-,30?/m0/s1. The van der Waals surface area contributed by atoms with Gasteiger partial charge in [0, 0.05) is 32.1 Å². The van der Waals surface area contributed by atoms with E-state index in [1.807, 2.05) is 48.5 Å². The van der Waals surface area contributed by atoms with E-state index in [9.17, 15) is 19.1 Å². The molecular formula is C33H37FN2O5. The lowest BCUT2D eigenvalue weighted by molar-refractivity contribution is -0.145. The van der Waals surface area contributed by atoms with Gasteiger partial charge >= 0.3 is 5.97 Å². The molecule has 2 N–H and O–H groups in total. The Hall–Kier alpha value is -3.91. The third kappa shape index (κ3) is 6.88. The number of fused-ring (bicyclic) bond motifs is 1. The third-order valence-corrected chi connectivity index (χ3v) is 7.95. The minimum absolute atomic E-state index is 0.0105. The van der Waals surface area contributed by atoms with Crippen LogP contribution in [0.3, 0.4) is 0 Å². The summed E-state index contributed by atoms with van der Waals surface area (Å²) in [5, 5.41) is 13.2. The summed E-state index contributed by atoms with van der Waals surface area (Å²) in [5.41, 5.74) is 2.14. The molecule has 0 radical (unpaired) electrons. The van der Waals surface area contributed by atoms with Crippen molar-refractivity contribution in [1.82, 2.24) is 10.2 Å². The van der Waals surface area contributed by atoms with Crippen LogP contribution in [0.5, 0.6) is 11.5 Å². The number of carbonyl (C=O) groups is 2. The fraction of sp³-hybridized carbons (Fsp3) is 0.394. The van der Waals surface area contributed by atoms with E-state index in [2.05, 4.69) is 26.1 Å². The molecule has 2 aliphatic rings. The van der Waals surface area contributed by atoms with Crippen LogP contribution in [0.15, 0.2) is 72.8 Å². The fourth-order valence-corrected chi connectivity index (χ4v) is 5.51. The molecule has 1 saturated carbocycles. The van der Waals surface area contributed by atoms with Crippen LogP contribution in [0, 0.1) is 17.7 Å². The van der Waals surface area contributed by atoms with E-state index in [4.69, 9.17) is 9.47 Å². The van der Waals surface area contributed by atoms with Crippen LogP contribution < -0.4 is 14.8 Å². The van der Waals surface area contributed by atoms with Crippen molar-refractivity contribution in [3.8, 4) is 11.5 Å². The summed E-state index contributed by atoms with van der Waals surface area (Å²) in [5.74, 6) is 0.296. The monoisotopic (exact) mass is 560 g/mol. The van der Waals surface area contributed by atoms with Crippen molar-refractivity contribution in [2.24, 2.45) is 11.8 Å². The number of aliphatic carboxylic acids is 1. The fourth-order valence-electron chi connectivity index (χ4n) is 5.51. The highest BCUT2D eigenvalue weighted by Crippen LogP contribution is 2.45. The molecule has 0 aromatic heterocycles. The number of rotatable bonds is 11. The number of carboxylic acids is 1. The molecule has 3 aromatic carbocycles. The molecule has 216 valence electrons. The highest BCUT2D eigenvalue weighted by atomic mass is 19.1. The zero-order valence-corrected chi connectivity index (χ0v) is 23.7. The Morgan fingerprint density at radius 2 is 1.61 bits per heavy atom. The maximum absolute atomic E-state index is 14.0. The zero-order chi connectivity index (χ0) is 29.1. The number of ether oxygens (including phenoxy) is 2. The summed E-state index contributed by atoms with van der Waals surface area (Å²) < 4.78 is 25.6. The molecule has 41 heavy (non-hydrogen) atoms. The number of nitrogens with one attached hydrogen (secondary N) is 1. The van der Waals surface area contributed by atoms with Gasteiger partial charge in [-0.25, -0.2) is 9.18 Å². The molecule has 1 heterocycles. The predicted molar refractivity (Wildman–Crippen MR) is 154 cm³/mol. The number of nitrogens with zero attached hydrogens (tertiary/aromatic N) is 1. The maximum atomic E-state index is 14.0. The molecule has 1 aliphatic carbocycles. The summed E-state index contributed by atoms with van der Waals surface area (Å²) in [4.78, 5) is 26.2. The van der Waals surface area contributed by atoms with Crippen molar-refractivity contribution in [2.45, 2.75) is 44.8 Å². The van der Waals surface area contributed by atoms with Gasteiger partial charge in [0.2, 0.25) is 0 Å². The van der Waals surface area contributed by atoms with Gasteiger partial charge in [-0.05, 0) is 64.8 Å². The minimum atomic E-state index is -1.01. The number of hydrogen-bond donors (Lipinski definition) is 2. The number of likely N-dealkylation sites (tertiary alicyclic amines) is 1. The summed E-state index contributed by atoms with van der Waals surface area (Å²) in [7, 11) is 0. The lowest BCUT2D eigenvalue weighted by Gasteiger charge is -2.20. The first kappa shape index (κ1) is 28.6. The Balaban J connectivity index is 1.03. The molecule has 1 amide bonds. The minimum Gasteiger partial charge on any atom is -0.492 e. The average molecular weight is 561 g/mol. The Bertz CT molecular complexity index is 1360. The van der Waals surface area contributed by atoms with E-state index in [1.165, 1.54) is 12.1 Å². The summed E-state index contributed by atoms with van der Waals surface area (Å²) in [6.07, 6.45) is -0.763. The number of amides is 1. The number of piperidine rings is 1. The van der Waals surface area contributed by atoms with Crippen molar-refractivity contribution >= 4 is 11.9 Å². The highest BCUT2D eigenvalue weighted by molar-refractivity contribution is 5.94. The van der Waals surface area contributed by atoms with Crippen molar-refractivity contribution in [2.75, 3.05) is 26.2 Å². The molecule has 2 unspecified atom stereocenters. The van der Waals surface area contributed by atoms with Gasteiger partial charge < -0.3 is 24.8 Å². The predicted octanol–water partition coefficient (Wildman–Crippen LogP) is 4.94. The van der Waals surface area contributed by atoms with E-state index in [0.29, 0.717) is 55.6 Å². The lowest BCUT2D eigenvalue weighted by atomic mass is 9.87. The quantitative estimate of drug-likeness (QED) is 0.323. The van der Waals surface area contributed by atoms with E-state index in [0.717, 1.165) is 11.1 Å². The first-order valence-corrected chi connectivity index (χ1v) is 14.1. The second kappa shape index (κ2) is 11.9. The van der Waals surface area contributed by atoms with Gasteiger partial charge in [-0.15, -0.1) is 0 Å².